The van der Waals surface area contributed by atoms with Gasteiger partial charge in [-0.2, -0.15) is 0 Å². The minimum Gasteiger partial charge on any atom is -0.396 e. The van der Waals surface area contributed by atoms with Gasteiger partial charge in [0.15, 0.2) is 0 Å². The third-order valence-electron chi connectivity index (χ3n) is 3.93. The van der Waals surface area contributed by atoms with Gasteiger partial charge in [0.25, 0.3) is 0 Å². The summed E-state index contributed by atoms with van der Waals surface area (Å²) in [5.41, 5.74) is 5.82. The first-order valence-electron chi connectivity index (χ1n) is 5.75. The van der Waals surface area contributed by atoms with Gasteiger partial charge >= 0.3 is 0 Å². The minimum atomic E-state index is 0.0972. The van der Waals surface area contributed by atoms with E-state index < -0.39 is 0 Å². The van der Waals surface area contributed by atoms with Gasteiger partial charge in [0.1, 0.15) is 0 Å². The first-order chi connectivity index (χ1) is 6.69. The second-order valence-corrected chi connectivity index (χ2v) is 4.52. The van der Waals surface area contributed by atoms with Gasteiger partial charge in [-0.1, -0.05) is 6.92 Å². The van der Waals surface area contributed by atoms with E-state index in [0.717, 1.165) is 6.42 Å². The van der Waals surface area contributed by atoms with E-state index in [0.29, 0.717) is 6.54 Å². The van der Waals surface area contributed by atoms with Gasteiger partial charge < -0.3 is 10.8 Å². The first kappa shape index (κ1) is 12.0. The van der Waals surface area contributed by atoms with Crippen molar-refractivity contribution in [3.05, 3.63) is 0 Å². The molecule has 1 saturated heterocycles. The van der Waals surface area contributed by atoms with E-state index in [1.165, 1.54) is 25.9 Å². The van der Waals surface area contributed by atoms with E-state index in [1.807, 2.05) is 0 Å². The molecule has 0 radical (unpaired) electrons. The molecule has 0 aliphatic carbocycles. The second kappa shape index (κ2) is 5.10. The van der Waals surface area contributed by atoms with Crippen LogP contribution in [0.3, 0.4) is 0 Å². The topological polar surface area (TPSA) is 49.5 Å². The fourth-order valence-corrected chi connectivity index (χ4v) is 2.52. The SMILES string of the molecule is CC[C@@](C)([C@@H](CN)CO)N1CCCC1. The summed E-state index contributed by atoms with van der Waals surface area (Å²) in [7, 11) is 0. The van der Waals surface area contributed by atoms with Crippen molar-refractivity contribution >= 4 is 0 Å². The maximum Gasteiger partial charge on any atom is 0.0489 e. The zero-order chi connectivity index (χ0) is 10.6. The lowest BCUT2D eigenvalue weighted by Gasteiger charge is -2.43. The molecule has 1 fully saturated rings. The van der Waals surface area contributed by atoms with Gasteiger partial charge in [-0.15, -0.1) is 0 Å². The molecule has 0 bridgehead atoms. The molecule has 0 saturated carbocycles. The average Bonchev–Trinajstić information content (AvgIpc) is 2.72. The predicted octanol–water partition coefficient (Wildman–Crippen LogP) is 0.818. The fraction of sp³-hybridized carbons (Fsp3) is 1.00. The fourth-order valence-electron chi connectivity index (χ4n) is 2.52. The molecule has 14 heavy (non-hydrogen) atoms. The van der Waals surface area contributed by atoms with Crippen LogP contribution >= 0.6 is 0 Å². The van der Waals surface area contributed by atoms with Crippen LogP contribution in [0.2, 0.25) is 0 Å². The maximum atomic E-state index is 9.35. The van der Waals surface area contributed by atoms with Crippen LogP contribution in [-0.4, -0.2) is 41.8 Å². The van der Waals surface area contributed by atoms with E-state index in [9.17, 15) is 5.11 Å². The number of aliphatic hydroxyl groups excluding tert-OH is 1. The lowest BCUT2D eigenvalue weighted by atomic mass is 9.82. The Labute approximate surface area is 87.3 Å². The van der Waals surface area contributed by atoms with Gasteiger partial charge in [0, 0.05) is 18.1 Å². The molecule has 3 heteroatoms. The van der Waals surface area contributed by atoms with Gasteiger partial charge in [0.05, 0.1) is 0 Å². The Kier molecular flexibility index (Phi) is 4.35. The molecular formula is C11H24N2O. The van der Waals surface area contributed by atoms with E-state index in [2.05, 4.69) is 18.7 Å². The molecule has 0 aromatic heterocycles. The number of likely N-dealkylation sites (tertiary alicyclic amines) is 1. The van der Waals surface area contributed by atoms with Gasteiger partial charge in [0.2, 0.25) is 0 Å². The molecular weight excluding hydrogens is 176 g/mol. The number of nitrogens with two attached hydrogens (primary N) is 1. The highest BCUT2D eigenvalue weighted by Gasteiger charge is 2.38. The Morgan fingerprint density at radius 2 is 2.00 bits per heavy atom. The van der Waals surface area contributed by atoms with Crippen LogP contribution in [0.1, 0.15) is 33.1 Å². The molecule has 1 aliphatic rings. The summed E-state index contributed by atoms with van der Waals surface area (Å²) in [5, 5.41) is 9.35. The summed E-state index contributed by atoms with van der Waals surface area (Å²) < 4.78 is 0. The van der Waals surface area contributed by atoms with Crippen molar-refractivity contribution < 1.29 is 5.11 Å². The summed E-state index contributed by atoms with van der Waals surface area (Å²) in [6, 6.07) is 0. The van der Waals surface area contributed by atoms with Crippen LogP contribution in [0.15, 0.2) is 0 Å². The van der Waals surface area contributed by atoms with Crippen molar-refractivity contribution in [1.82, 2.24) is 4.90 Å². The standard InChI is InChI=1S/C11H24N2O/c1-3-11(2,10(8-12)9-14)13-6-4-5-7-13/h10,14H,3-9,12H2,1-2H3/t10-,11-/m0/s1. The predicted molar refractivity (Wildman–Crippen MR) is 59.1 cm³/mol. The molecule has 0 aromatic rings. The third kappa shape index (κ3) is 2.10. The second-order valence-electron chi connectivity index (χ2n) is 4.52. The molecule has 0 amide bonds. The zero-order valence-electron chi connectivity index (χ0n) is 9.50. The minimum absolute atomic E-state index is 0.0972. The van der Waals surface area contributed by atoms with Crippen molar-refractivity contribution in [2.75, 3.05) is 26.2 Å². The van der Waals surface area contributed by atoms with Gasteiger partial charge in [-0.05, 0) is 45.8 Å². The van der Waals surface area contributed by atoms with Crippen molar-refractivity contribution in [3.63, 3.8) is 0 Å². The lowest BCUT2D eigenvalue weighted by molar-refractivity contribution is 0.0359. The van der Waals surface area contributed by atoms with Crippen molar-refractivity contribution in [1.29, 1.82) is 0 Å². The summed E-state index contributed by atoms with van der Waals surface area (Å²) in [6.07, 6.45) is 3.64. The molecule has 1 rings (SSSR count). The van der Waals surface area contributed by atoms with Crippen molar-refractivity contribution in [2.45, 2.75) is 38.6 Å². The normalized spacial score (nSPS) is 24.9. The zero-order valence-corrected chi connectivity index (χ0v) is 9.50. The van der Waals surface area contributed by atoms with Gasteiger partial charge in [-0.25, -0.2) is 0 Å². The molecule has 3 nitrogen and oxygen atoms in total. The van der Waals surface area contributed by atoms with Crippen LogP contribution < -0.4 is 5.73 Å². The monoisotopic (exact) mass is 200 g/mol. The molecule has 0 aromatic carbocycles. The quantitative estimate of drug-likeness (QED) is 0.691. The number of aliphatic hydroxyl groups is 1. The molecule has 0 unspecified atom stereocenters. The molecule has 84 valence electrons. The summed E-state index contributed by atoms with van der Waals surface area (Å²) >= 11 is 0. The average molecular weight is 200 g/mol. The lowest BCUT2D eigenvalue weighted by Crippen LogP contribution is -2.53. The number of hydrogen-bond acceptors (Lipinski definition) is 3. The Morgan fingerprint density at radius 3 is 2.36 bits per heavy atom. The molecule has 2 atom stereocenters. The van der Waals surface area contributed by atoms with E-state index in [1.54, 1.807) is 0 Å². The summed E-state index contributed by atoms with van der Waals surface area (Å²) in [6.45, 7) is 7.55. The molecule has 3 N–H and O–H groups in total. The van der Waals surface area contributed by atoms with Crippen molar-refractivity contribution in [2.24, 2.45) is 11.7 Å². The highest BCUT2D eigenvalue weighted by Crippen LogP contribution is 2.31. The summed E-state index contributed by atoms with van der Waals surface area (Å²) in [5.74, 6) is 0.214. The van der Waals surface area contributed by atoms with Crippen LogP contribution in [-0.2, 0) is 0 Å². The Hall–Kier alpha value is -0.120. The highest BCUT2D eigenvalue weighted by atomic mass is 16.3. The number of rotatable bonds is 5. The molecule has 1 heterocycles. The third-order valence-corrected chi connectivity index (χ3v) is 3.93. The van der Waals surface area contributed by atoms with E-state index in [-0.39, 0.29) is 18.1 Å². The largest absolute Gasteiger partial charge is 0.396 e. The Morgan fingerprint density at radius 1 is 1.43 bits per heavy atom. The van der Waals surface area contributed by atoms with Crippen LogP contribution in [0, 0.1) is 5.92 Å². The smallest absolute Gasteiger partial charge is 0.0489 e. The molecule has 1 aliphatic heterocycles. The highest BCUT2D eigenvalue weighted by molar-refractivity contribution is 4.93. The Bertz CT molecular complexity index is 161. The van der Waals surface area contributed by atoms with Crippen LogP contribution in [0.5, 0.6) is 0 Å². The summed E-state index contributed by atoms with van der Waals surface area (Å²) in [4.78, 5) is 2.50. The van der Waals surface area contributed by atoms with Crippen LogP contribution in [0.25, 0.3) is 0 Å². The van der Waals surface area contributed by atoms with Crippen molar-refractivity contribution in [3.8, 4) is 0 Å². The van der Waals surface area contributed by atoms with Gasteiger partial charge in [-0.3, -0.25) is 4.90 Å². The first-order valence-corrected chi connectivity index (χ1v) is 5.75. The Balaban J connectivity index is 2.71. The van der Waals surface area contributed by atoms with E-state index in [4.69, 9.17) is 5.73 Å². The number of hydrogen-bond donors (Lipinski definition) is 2. The van der Waals surface area contributed by atoms with Crippen LogP contribution in [0.4, 0.5) is 0 Å². The molecule has 0 spiro atoms. The number of nitrogens with zero attached hydrogens (tertiary/aromatic N) is 1. The maximum absolute atomic E-state index is 9.35. The van der Waals surface area contributed by atoms with E-state index >= 15 is 0 Å².